The first kappa shape index (κ1) is 17.0. The second-order valence-corrected chi connectivity index (χ2v) is 5.20. The number of likely N-dealkylation sites (N-methyl/N-ethyl adjacent to an activating group) is 1. The minimum Gasteiger partial charge on any atom is -0.493 e. The summed E-state index contributed by atoms with van der Waals surface area (Å²) in [5.41, 5.74) is 1.05. The van der Waals surface area contributed by atoms with Crippen molar-refractivity contribution in [3.63, 3.8) is 0 Å². The van der Waals surface area contributed by atoms with Crippen molar-refractivity contribution in [2.45, 2.75) is 32.9 Å². The summed E-state index contributed by atoms with van der Waals surface area (Å²) >= 11 is 0. The molecule has 0 fully saturated rings. The van der Waals surface area contributed by atoms with Crippen molar-refractivity contribution in [1.82, 2.24) is 15.5 Å². The molecule has 0 spiro atoms. The Morgan fingerprint density at radius 2 is 2.17 bits per heavy atom. The van der Waals surface area contributed by atoms with Crippen LogP contribution in [0.3, 0.4) is 0 Å². The third-order valence-electron chi connectivity index (χ3n) is 3.39. The normalized spacial score (nSPS) is 12.5. The number of nitrogens with zero attached hydrogens (tertiary/aromatic N) is 2. The van der Waals surface area contributed by atoms with Crippen LogP contribution < -0.4 is 14.8 Å². The number of rotatable bonds is 8. The van der Waals surface area contributed by atoms with Crippen LogP contribution >= 0.6 is 0 Å². The van der Waals surface area contributed by atoms with Crippen molar-refractivity contribution in [2.24, 2.45) is 0 Å². The maximum Gasteiger partial charge on any atom is 0.264 e. The highest BCUT2D eigenvalue weighted by Crippen LogP contribution is 2.29. The van der Waals surface area contributed by atoms with E-state index in [1.54, 1.807) is 7.11 Å². The Hall–Kier alpha value is -2.34. The average molecular weight is 317 g/mol. The van der Waals surface area contributed by atoms with Gasteiger partial charge in [-0.2, -0.15) is 4.98 Å². The summed E-state index contributed by atoms with van der Waals surface area (Å²) < 4.78 is 16.3. The molecule has 0 aliphatic heterocycles. The zero-order chi connectivity index (χ0) is 16.7. The van der Waals surface area contributed by atoms with Crippen molar-refractivity contribution in [3.05, 3.63) is 41.6 Å². The Balaban J connectivity index is 2.00. The smallest absolute Gasteiger partial charge is 0.264 e. The quantitative estimate of drug-likeness (QED) is 0.807. The summed E-state index contributed by atoms with van der Waals surface area (Å²) in [5, 5.41) is 7.09. The molecule has 6 nitrogen and oxygen atoms in total. The van der Waals surface area contributed by atoms with Gasteiger partial charge in [0, 0.05) is 12.5 Å². The fraction of sp³-hybridized carbons (Fsp3) is 0.412. The van der Waals surface area contributed by atoms with E-state index in [0.29, 0.717) is 35.7 Å². The van der Waals surface area contributed by atoms with E-state index in [9.17, 15) is 0 Å². The van der Waals surface area contributed by atoms with Gasteiger partial charge in [-0.05, 0) is 38.6 Å². The van der Waals surface area contributed by atoms with Gasteiger partial charge in [0.05, 0.1) is 7.11 Å². The third kappa shape index (κ3) is 4.82. The fourth-order valence-corrected chi connectivity index (χ4v) is 2.05. The second kappa shape index (κ2) is 8.33. The van der Waals surface area contributed by atoms with E-state index >= 15 is 0 Å². The Labute approximate surface area is 136 Å². The molecule has 6 heteroatoms. The fourth-order valence-electron chi connectivity index (χ4n) is 2.05. The van der Waals surface area contributed by atoms with Gasteiger partial charge in [0.15, 0.2) is 23.9 Å². The molecule has 1 heterocycles. The van der Waals surface area contributed by atoms with E-state index in [1.165, 1.54) is 0 Å². The second-order valence-electron chi connectivity index (χ2n) is 5.20. The standard InChI is InChI=1S/C17H23N3O3/c1-5-6-13-7-8-14(15(10-13)21-4)22-11-17-19-16(20-23-17)9-12(2)18-3/h5-8,10,12,18H,9,11H2,1-4H3/b6-5+. The average Bonchev–Trinajstić information content (AvgIpc) is 3.01. The number of ether oxygens (including phenoxy) is 2. The molecule has 0 saturated carbocycles. The predicted molar refractivity (Wildman–Crippen MR) is 88.6 cm³/mol. The third-order valence-corrected chi connectivity index (χ3v) is 3.39. The number of methoxy groups -OCH3 is 1. The van der Waals surface area contributed by atoms with Crippen LogP contribution in [0.2, 0.25) is 0 Å². The van der Waals surface area contributed by atoms with Crippen LogP contribution in [-0.2, 0) is 13.0 Å². The molecule has 2 aromatic rings. The Morgan fingerprint density at radius 3 is 2.87 bits per heavy atom. The molecule has 0 aliphatic rings. The van der Waals surface area contributed by atoms with E-state index < -0.39 is 0 Å². The molecule has 1 N–H and O–H groups in total. The molecule has 1 atom stereocenters. The highest BCUT2D eigenvalue weighted by Gasteiger charge is 2.11. The monoisotopic (exact) mass is 317 g/mol. The predicted octanol–water partition coefficient (Wildman–Crippen LogP) is 2.84. The number of allylic oxidation sites excluding steroid dienone is 1. The zero-order valence-corrected chi connectivity index (χ0v) is 14.0. The number of aromatic nitrogens is 2. The first-order valence-electron chi connectivity index (χ1n) is 7.58. The van der Waals surface area contributed by atoms with Crippen molar-refractivity contribution in [3.8, 4) is 11.5 Å². The molecule has 0 saturated heterocycles. The molecular formula is C17H23N3O3. The highest BCUT2D eigenvalue weighted by atomic mass is 16.5. The summed E-state index contributed by atoms with van der Waals surface area (Å²) in [7, 11) is 3.52. The Morgan fingerprint density at radius 1 is 1.35 bits per heavy atom. The first-order chi connectivity index (χ1) is 11.2. The Kier molecular flexibility index (Phi) is 6.17. The van der Waals surface area contributed by atoms with Gasteiger partial charge in [0.25, 0.3) is 5.89 Å². The van der Waals surface area contributed by atoms with Gasteiger partial charge >= 0.3 is 0 Å². The molecule has 2 rings (SSSR count). The minimum absolute atomic E-state index is 0.209. The Bertz CT molecular complexity index is 652. The summed E-state index contributed by atoms with van der Waals surface area (Å²) in [6.07, 6.45) is 4.68. The molecule has 0 radical (unpaired) electrons. The first-order valence-corrected chi connectivity index (χ1v) is 7.58. The molecule has 0 amide bonds. The van der Waals surface area contributed by atoms with Crippen LogP contribution in [0.1, 0.15) is 31.1 Å². The molecule has 1 unspecified atom stereocenters. The van der Waals surface area contributed by atoms with Gasteiger partial charge in [-0.25, -0.2) is 0 Å². The lowest BCUT2D eigenvalue weighted by molar-refractivity contribution is 0.233. The number of benzene rings is 1. The SMILES string of the molecule is C/C=C/c1ccc(OCc2nc(CC(C)NC)no2)c(OC)c1. The van der Waals surface area contributed by atoms with E-state index in [4.69, 9.17) is 14.0 Å². The largest absolute Gasteiger partial charge is 0.493 e. The number of hydrogen-bond donors (Lipinski definition) is 1. The van der Waals surface area contributed by atoms with E-state index in [2.05, 4.69) is 22.4 Å². The summed E-state index contributed by atoms with van der Waals surface area (Å²) in [5.74, 6) is 2.43. The molecule has 124 valence electrons. The van der Waals surface area contributed by atoms with Crippen molar-refractivity contribution < 1.29 is 14.0 Å². The number of nitrogens with one attached hydrogen (secondary N) is 1. The summed E-state index contributed by atoms with van der Waals surface area (Å²) in [6.45, 7) is 4.24. The lowest BCUT2D eigenvalue weighted by Gasteiger charge is -2.09. The van der Waals surface area contributed by atoms with Crippen LogP contribution in [0, 0.1) is 0 Å². The van der Waals surface area contributed by atoms with Crippen LogP contribution in [0.4, 0.5) is 0 Å². The van der Waals surface area contributed by atoms with Crippen LogP contribution in [0.15, 0.2) is 28.8 Å². The molecule has 0 bridgehead atoms. The topological polar surface area (TPSA) is 69.4 Å². The van der Waals surface area contributed by atoms with Crippen molar-refractivity contribution in [2.75, 3.05) is 14.2 Å². The van der Waals surface area contributed by atoms with Crippen molar-refractivity contribution >= 4 is 6.08 Å². The van der Waals surface area contributed by atoms with Gasteiger partial charge in [-0.15, -0.1) is 0 Å². The minimum atomic E-state index is 0.209. The van der Waals surface area contributed by atoms with Crippen LogP contribution in [0.25, 0.3) is 6.08 Å². The van der Waals surface area contributed by atoms with E-state index in [1.807, 2.05) is 44.3 Å². The van der Waals surface area contributed by atoms with E-state index in [-0.39, 0.29) is 6.61 Å². The summed E-state index contributed by atoms with van der Waals surface area (Å²) in [4.78, 5) is 4.32. The maximum absolute atomic E-state index is 5.73. The van der Waals surface area contributed by atoms with Gasteiger partial charge in [0.2, 0.25) is 0 Å². The van der Waals surface area contributed by atoms with Gasteiger partial charge in [-0.1, -0.05) is 23.4 Å². The lowest BCUT2D eigenvalue weighted by atomic mass is 10.2. The maximum atomic E-state index is 5.73. The van der Waals surface area contributed by atoms with Gasteiger partial charge in [0.1, 0.15) is 0 Å². The zero-order valence-electron chi connectivity index (χ0n) is 14.0. The molecule has 1 aromatic heterocycles. The molecular weight excluding hydrogens is 294 g/mol. The van der Waals surface area contributed by atoms with Crippen LogP contribution in [-0.4, -0.2) is 30.3 Å². The molecule has 1 aromatic carbocycles. The lowest BCUT2D eigenvalue weighted by Crippen LogP contribution is -2.24. The van der Waals surface area contributed by atoms with E-state index in [0.717, 1.165) is 5.56 Å². The van der Waals surface area contributed by atoms with Crippen LogP contribution in [0.5, 0.6) is 11.5 Å². The highest BCUT2D eigenvalue weighted by molar-refractivity contribution is 5.55. The molecule has 0 aliphatic carbocycles. The molecule has 23 heavy (non-hydrogen) atoms. The van der Waals surface area contributed by atoms with Gasteiger partial charge < -0.3 is 19.3 Å². The van der Waals surface area contributed by atoms with Gasteiger partial charge in [-0.3, -0.25) is 0 Å². The summed E-state index contributed by atoms with van der Waals surface area (Å²) in [6, 6.07) is 6.05. The number of hydrogen-bond acceptors (Lipinski definition) is 6. The van der Waals surface area contributed by atoms with Crippen molar-refractivity contribution in [1.29, 1.82) is 0 Å².